The number of hydrogen-bond acceptors (Lipinski definition) is 4. The van der Waals surface area contributed by atoms with Gasteiger partial charge >= 0.3 is 6.18 Å². The van der Waals surface area contributed by atoms with E-state index in [0.717, 1.165) is 22.2 Å². The molecule has 2 heterocycles. The first-order valence-electron chi connectivity index (χ1n) is 14.4. The third kappa shape index (κ3) is 5.12. The Balaban J connectivity index is 1.34. The second-order valence-electron chi connectivity index (χ2n) is 11.9. The number of aromatic nitrogens is 1. The van der Waals surface area contributed by atoms with Crippen LogP contribution in [0.3, 0.4) is 0 Å². The first-order chi connectivity index (χ1) is 19.4. The van der Waals surface area contributed by atoms with Crippen molar-refractivity contribution < 1.29 is 32.3 Å². The average molecular weight is 571 g/mol. The summed E-state index contributed by atoms with van der Waals surface area (Å²) >= 11 is 0. The highest BCUT2D eigenvalue weighted by Crippen LogP contribution is 2.59. The minimum Gasteiger partial charge on any atom is -0.496 e. The fraction of sp³-hybridized carbons (Fsp3) is 0.531. The molecular weight excluding hydrogens is 533 g/mol. The monoisotopic (exact) mass is 570 g/mol. The van der Waals surface area contributed by atoms with Crippen molar-refractivity contribution in [1.29, 1.82) is 0 Å². The number of carbonyl (C=O) groups excluding carboxylic acids is 3. The highest BCUT2D eigenvalue weighted by molar-refractivity contribution is 6.10. The van der Waals surface area contributed by atoms with Gasteiger partial charge in [-0.15, -0.1) is 0 Å². The summed E-state index contributed by atoms with van der Waals surface area (Å²) in [6.45, 7) is 6.49. The van der Waals surface area contributed by atoms with Gasteiger partial charge in [0.2, 0.25) is 5.91 Å². The van der Waals surface area contributed by atoms with Gasteiger partial charge in [-0.25, -0.2) is 0 Å². The van der Waals surface area contributed by atoms with Gasteiger partial charge in [0.15, 0.2) is 11.6 Å². The summed E-state index contributed by atoms with van der Waals surface area (Å²) < 4.78 is 48.1. The van der Waals surface area contributed by atoms with Crippen LogP contribution in [0.4, 0.5) is 13.2 Å². The molecule has 2 aromatic rings. The number of piperidine rings is 1. The Kier molecular flexibility index (Phi) is 7.68. The van der Waals surface area contributed by atoms with E-state index in [-0.39, 0.29) is 42.8 Å². The predicted molar refractivity (Wildman–Crippen MR) is 149 cm³/mol. The number of hydrogen-bond donors (Lipinski definition) is 0. The van der Waals surface area contributed by atoms with Crippen LogP contribution in [0.2, 0.25) is 0 Å². The fourth-order valence-electron chi connectivity index (χ4n) is 6.78. The number of amides is 1. The second-order valence-corrected chi connectivity index (χ2v) is 11.9. The van der Waals surface area contributed by atoms with Crippen molar-refractivity contribution in [2.24, 2.45) is 11.3 Å². The van der Waals surface area contributed by atoms with E-state index in [1.54, 1.807) is 0 Å². The molecule has 9 heteroatoms. The maximum Gasteiger partial charge on any atom is 0.403 e. The number of likely N-dealkylation sites (tertiary alicyclic amines) is 1. The number of allylic oxidation sites excluding steroid dienone is 3. The molecular formula is C32H37F3N2O4. The van der Waals surface area contributed by atoms with Gasteiger partial charge in [-0.05, 0) is 70.9 Å². The van der Waals surface area contributed by atoms with Crippen LogP contribution < -0.4 is 0 Å². The largest absolute Gasteiger partial charge is 0.496 e. The molecule has 1 aromatic heterocycles. The topological polar surface area (TPSA) is 68.6 Å². The van der Waals surface area contributed by atoms with E-state index < -0.39 is 17.5 Å². The standard InChI is InChI=1S/C32H37F3N2O4/c1-19-17-27(39)24(28(18-19)41-4)9-10-26(38)29-21(3)37(25-8-6-5-7-23(25)29)20(2)22-11-15-36(16-12-22)30(40)31(13-14-31)32(33,34)35/h5-8,18,20,22H,9-17H2,1-4H3/t20-/m1/s1. The molecule has 0 unspecified atom stereocenters. The molecule has 0 radical (unpaired) electrons. The molecule has 1 saturated carbocycles. The van der Waals surface area contributed by atoms with Crippen LogP contribution in [-0.4, -0.2) is 53.3 Å². The zero-order chi connectivity index (χ0) is 29.7. The second kappa shape index (κ2) is 10.8. The van der Waals surface area contributed by atoms with E-state index in [1.807, 2.05) is 44.2 Å². The Labute approximate surface area is 238 Å². The van der Waals surface area contributed by atoms with Gasteiger partial charge in [0.05, 0.1) is 7.11 Å². The van der Waals surface area contributed by atoms with Crippen LogP contribution in [-0.2, 0) is 14.3 Å². The molecule has 1 saturated heterocycles. The summed E-state index contributed by atoms with van der Waals surface area (Å²) in [6, 6.07) is 7.72. The summed E-state index contributed by atoms with van der Waals surface area (Å²) in [4.78, 5) is 40.5. The number of benzene rings is 1. The lowest BCUT2D eigenvalue weighted by Gasteiger charge is -2.38. The molecule has 0 bridgehead atoms. The number of methoxy groups -OCH3 is 1. The highest BCUT2D eigenvalue weighted by atomic mass is 19.4. The molecule has 0 N–H and O–H groups in total. The van der Waals surface area contributed by atoms with Crippen LogP contribution in [0.25, 0.3) is 10.9 Å². The maximum absolute atomic E-state index is 13.7. The molecule has 6 nitrogen and oxygen atoms in total. The molecule has 1 amide bonds. The van der Waals surface area contributed by atoms with Crippen molar-refractivity contribution in [3.8, 4) is 0 Å². The molecule has 1 aliphatic heterocycles. The Morgan fingerprint density at radius 3 is 2.39 bits per heavy atom. The summed E-state index contributed by atoms with van der Waals surface area (Å²) in [7, 11) is 1.53. The number of rotatable bonds is 8. The van der Waals surface area contributed by atoms with Gasteiger partial charge < -0.3 is 14.2 Å². The van der Waals surface area contributed by atoms with Gasteiger partial charge in [-0.3, -0.25) is 14.4 Å². The van der Waals surface area contributed by atoms with Crippen molar-refractivity contribution in [2.75, 3.05) is 20.2 Å². The lowest BCUT2D eigenvalue weighted by Crippen LogP contribution is -2.47. The van der Waals surface area contributed by atoms with Crippen molar-refractivity contribution in [1.82, 2.24) is 9.47 Å². The molecule has 3 aliphatic rings. The molecule has 41 heavy (non-hydrogen) atoms. The Morgan fingerprint density at radius 2 is 1.78 bits per heavy atom. The van der Waals surface area contributed by atoms with Crippen LogP contribution in [0.1, 0.15) is 80.9 Å². The van der Waals surface area contributed by atoms with Crippen LogP contribution in [0.15, 0.2) is 47.2 Å². The zero-order valence-electron chi connectivity index (χ0n) is 24.1. The molecule has 2 fully saturated rings. The SMILES string of the molecule is COC1=C(CCC(=O)c2c(C)n([C@H](C)C3CCN(C(=O)C4(C(F)(F)F)CC4)CC3)c3ccccc23)C(=O)CC(C)=C1. The molecule has 1 atom stereocenters. The summed E-state index contributed by atoms with van der Waals surface area (Å²) in [6.07, 6.45) is -0.897. The minimum absolute atomic E-state index is 0.0184. The number of ether oxygens (including phenoxy) is 1. The van der Waals surface area contributed by atoms with Crippen molar-refractivity contribution in [3.05, 3.63) is 58.5 Å². The van der Waals surface area contributed by atoms with Gasteiger partial charge in [0.1, 0.15) is 11.2 Å². The van der Waals surface area contributed by atoms with Crippen LogP contribution >= 0.6 is 0 Å². The van der Waals surface area contributed by atoms with E-state index in [4.69, 9.17) is 4.74 Å². The molecule has 5 rings (SSSR count). The first-order valence-corrected chi connectivity index (χ1v) is 14.4. The zero-order valence-corrected chi connectivity index (χ0v) is 24.1. The summed E-state index contributed by atoms with van der Waals surface area (Å²) in [5.41, 5.74) is 1.69. The van der Waals surface area contributed by atoms with Crippen molar-refractivity contribution >= 4 is 28.4 Å². The Morgan fingerprint density at radius 1 is 1.12 bits per heavy atom. The quantitative estimate of drug-likeness (QED) is 0.325. The van der Waals surface area contributed by atoms with Gasteiger partial charge in [0.25, 0.3) is 0 Å². The lowest BCUT2D eigenvalue weighted by atomic mass is 9.89. The van der Waals surface area contributed by atoms with E-state index in [9.17, 15) is 27.6 Å². The summed E-state index contributed by atoms with van der Waals surface area (Å²) in [5.74, 6) is -0.182. The number of alkyl halides is 3. The Bertz CT molecular complexity index is 1450. The predicted octanol–water partition coefficient (Wildman–Crippen LogP) is 6.87. The van der Waals surface area contributed by atoms with Crippen molar-refractivity contribution in [2.45, 2.75) is 77.9 Å². The number of carbonyl (C=O) groups is 3. The smallest absolute Gasteiger partial charge is 0.403 e. The van der Waals surface area contributed by atoms with Gasteiger partial charge in [0, 0.05) is 59.7 Å². The molecule has 220 valence electrons. The molecule has 2 aliphatic carbocycles. The summed E-state index contributed by atoms with van der Waals surface area (Å²) in [5, 5.41) is 0.849. The number of Topliss-reactive ketones (excluding diaryl/α,β-unsaturated/α-hetero) is 2. The number of nitrogens with zero attached hydrogens (tertiary/aromatic N) is 2. The third-order valence-electron chi connectivity index (χ3n) is 9.33. The van der Waals surface area contributed by atoms with Crippen LogP contribution in [0, 0.1) is 18.3 Å². The van der Waals surface area contributed by atoms with Crippen LogP contribution in [0.5, 0.6) is 0 Å². The van der Waals surface area contributed by atoms with E-state index in [1.165, 1.54) is 12.0 Å². The lowest BCUT2D eigenvalue weighted by molar-refractivity contribution is -0.199. The fourth-order valence-corrected chi connectivity index (χ4v) is 6.78. The maximum atomic E-state index is 13.7. The number of para-hydroxylation sites is 1. The minimum atomic E-state index is -4.50. The molecule has 0 spiro atoms. The Hall–Kier alpha value is -3.36. The van der Waals surface area contributed by atoms with E-state index in [0.29, 0.717) is 55.7 Å². The number of halogens is 3. The highest BCUT2D eigenvalue weighted by Gasteiger charge is 2.69. The van der Waals surface area contributed by atoms with Crippen molar-refractivity contribution in [3.63, 3.8) is 0 Å². The number of ketones is 2. The molecule has 1 aromatic carbocycles. The van der Waals surface area contributed by atoms with E-state index in [2.05, 4.69) is 11.5 Å². The van der Waals surface area contributed by atoms with E-state index >= 15 is 0 Å². The first kappa shape index (κ1) is 29.1. The normalized spacial score (nSPS) is 20.3. The van der Waals surface area contributed by atoms with Gasteiger partial charge in [-0.2, -0.15) is 13.2 Å². The third-order valence-corrected chi connectivity index (χ3v) is 9.33. The number of fused-ring (bicyclic) bond motifs is 1. The average Bonchev–Trinajstić information content (AvgIpc) is 3.70. The van der Waals surface area contributed by atoms with Gasteiger partial charge in [-0.1, -0.05) is 23.8 Å².